The van der Waals surface area contributed by atoms with Gasteiger partial charge in [0, 0.05) is 13.0 Å². The molecule has 0 bridgehead atoms. The molecule has 0 fully saturated rings. The maximum Gasteiger partial charge on any atom is 0.220 e. The van der Waals surface area contributed by atoms with Gasteiger partial charge in [-0.1, -0.05) is 71.6 Å². The van der Waals surface area contributed by atoms with E-state index >= 15 is 0 Å². The molecule has 21 heavy (non-hydrogen) atoms. The number of methoxy groups -OCH3 is 1. The van der Waals surface area contributed by atoms with Gasteiger partial charge in [-0.3, -0.25) is 4.79 Å². The highest BCUT2D eigenvalue weighted by molar-refractivity contribution is 5.76. The molecule has 0 aromatic rings. The Bertz CT molecular complexity index is 243. The molecule has 2 N–H and O–H groups in total. The van der Waals surface area contributed by atoms with Crippen molar-refractivity contribution < 1.29 is 9.53 Å². The Kier molecular flexibility index (Phi) is 14.0. The number of hydrogen-bond acceptors (Lipinski definition) is 2. The molecule has 0 saturated carbocycles. The molecule has 3 heteroatoms. The summed E-state index contributed by atoms with van der Waals surface area (Å²) in [6.45, 7) is 4.43. The summed E-state index contributed by atoms with van der Waals surface area (Å²) in [4.78, 5) is 11.6. The molecule has 1 amide bonds. The number of amides is 1. The van der Waals surface area contributed by atoms with Crippen molar-refractivity contribution in [3.05, 3.63) is 0 Å². The van der Waals surface area contributed by atoms with Crippen LogP contribution in [-0.2, 0) is 9.53 Å². The summed E-state index contributed by atoms with van der Waals surface area (Å²) >= 11 is 0. The van der Waals surface area contributed by atoms with Crippen molar-refractivity contribution in [2.45, 2.75) is 97.0 Å². The van der Waals surface area contributed by atoms with Gasteiger partial charge in [0.25, 0.3) is 0 Å². The molecule has 0 saturated heterocycles. The van der Waals surface area contributed by atoms with Gasteiger partial charge in [-0.05, 0) is 19.3 Å². The standard InChI is InChI=1S/C18H37NO2/c1-4-6-8-10-11-13-16(18(19)20)15-17(21-3)14-12-9-7-5-2/h16-17H,4-15H2,1-3H3,(H2,19,20). The third kappa shape index (κ3) is 11.7. The van der Waals surface area contributed by atoms with Gasteiger partial charge in [0.1, 0.15) is 0 Å². The fraction of sp³-hybridized carbons (Fsp3) is 0.944. The molecule has 2 atom stereocenters. The first kappa shape index (κ1) is 20.4. The number of carbonyl (C=O) groups excluding carboxylic acids is 1. The lowest BCUT2D eigenvalue weighted by molar-refractivity contribution is -0.123. The molecule has 0 aromatic carbocycles. The van der Waals surface area contributed by atoms with Crippen LogP contribution in [0.5, 0.6) is 0 Å². The molecule has 0 aliphatic heterocycles. The van der Waals surface area contributed by atoms with Gasteiger partial charge < -0.3 is 10.5 Å². The summed E-state index contributed by atoms with van der Waals surface area (Å²) in [7, 11) is 1.75. The second-order valence-corrected chi connectivity index (χ2v) is 6.24. The lowest BCUT2D eigenvalue weighted by atomic mass is 9.92. The minimum atomic E-state index is -0.152. The van der Waals surface area contributed by atoms with E-state index in [0.717, 1.165) is 25.7 Å². The molecule has 0 radical (unpaired) electrons. The molecule has 0 spiro atoms. The van der Waals surface area contributed by atoms with Gasteiger partial charge in [0.2, 0.25) is 5.91 Å². The van der Waals surface area contributed by atoms with Crippen molar-refractivity contribution in [3.63, 3.8) is 0 Å². The van der Waals surface area contributed by atoms with Crippen LogP contribution in [0.4, 0.5) is 0 Å². The van der Waals surface area contributed by atoms with E-state index < -0.39 is 0 Å². The van der Waals surface area contributed by atoms with Crippen molar-refractivity contribution in [1.82, 2.24) is 0 Å². The van der Waals surface area contributed by atoms with Crippen LogP contribution in [0.3, 0.4) is 0 Å². The number of hydrogen-bond donors (Lipinski definition) is 1. The predicted molar refractivity (Wildman–Crippen MR) is 90.2 cm³/mol. The largest absolute Gasteiger partial charge is 0.381 e. The maximum atomic E-state index is 11.6. The molecule has 0 aliphatic carbocycles. The summed E-state index contributed by atoms with van der Waals surface area (Å²) in [5.41, 5.74) is 5.56. The van der Waals surface area contributed by atoms with E-state index in [2.05, 4.69) is 13.8 Å². The maximum absolute atomic E-state index is 11.6. The fourth-order valence-corrected chi connectivity index (χ4v) is 2.82. The Hall–Kier alpha value is -0.570. The Labute approximate surface area is 132 Å². The van der Waals surface area contributed by atoms with Crippen LogP contribution in [0.2, 0.25) is 0 Å². The van der Waals surface area contributed by atoms with E-state index in [1.54, 1.807) is 7.11 Å². The van der Waals surface area contributed by atoms with Crippen LogP contribution in [-0.4, -0.2) is 19.1 Å². The van der Waals surface area contributed by atoms with Gasteiger partial charge >= 0.3 is 0 Å². The molecule has 0 aromatic heterocycles. The Morgan fingerprint density at radius 1 is 0.905 bits per heavy atom. The average molecular weight is 299 g/mol. The molecular formula is C18H37NO2. The quantitative estimate of drug-likeness (QED) is 0.441. The van der Waals surface area contributed by atoms with Gasteiger partial charge in [-0.25, -0.2) is 0 Å². The summed E-state index contributed by atoms with van der Waals surface area (Å²) in [5.74, 6) is -0.163. The average Bonchev–Trinajstić information content (AvgIpc) is 2.47. The van der Waals surface area contributed by atoms with Crippen LogP contribution in [0.25, 0.3) is 0 Å². The van der Waals surface area contributed by atoms with E-state index in [0.29, 0.717) is 0 Å². The smallest absolute Gasteiger partial charge is 0.220 e. The first-order valence-corrected chi connectivity index (χ1v) is 8.97. The number of nitrogens with two attached hydrogens (primary N) is 1. The third-order valence-electron chi connectivity index (χ3n) is 4.32. The third-order valence-corrected chi connectivity index (χ3v) is 4.32. The molecule has 2 unspecified atom stereocenters. The van der Waals surface area contributed by atoms with Crippen molar-refractivity contribution in [2.24, 2.45) is 11.7 Å². The fourth-order valence-electron chi connectivity index (χ4n) is 2.82. The highest BCUT2D eigenvalue weighted by Crippen LogP contribution is 2.21. The number of unbranched alkanes of at least 4 members (excludes halogenated alkanes) is 7. The van der Waals surface area contributed by atoms with E-state index in [-0.39, 0.29) is 17.9 Å². The van der Waals surface area contributed by atoms with Crippen LogP contribution in [0.1, 0.15) is 90.9 Å². The summed E-state index contributed by atoms with van der Waals surface area (Å²) < 4.78 is 5.55. The van der Waals surface area contributed by atoms with E-state index in [9.17, 15) is 4.79 Å². The Morgan fingerprint density at radius 3 is 1.95 bits per heavy atom. The van der Waals surface area contributed by atoms with Crippen LogP contribution in [0, 0.1) is 5.92 Å². The van der Waals surface area contributed by atoms with E-state index in [1.807, 2.05) is 0 Å². The monoisotopic (exact) mass is 299 g/mol. The normalized spacial score (nSPS) is 14.0. The van der Waals surface area contributed by atoms with Crippen molar-refractivity contribution in [2.75, 3.05) is 7.11 Å². The van der Waals surface area contributed by atoms with Gasteiger partial charge in [0.05, 0.1) is 6.10 Å². The summed E-state index contributed by atoms with van der Waals surface area (Å²) in [6.07, 6.45) is 14.1. The zero-order chi connectivity index (χ0) is 15.9. The second-order valence-electron chi connectivity index (χ2n) is 6.24. The highest BCUT2D eigenvalue weighted by atomic mass is 16.5. The van der Waals surface area contributed by atoms with Gasteiger partial charge in [0.15, 0.2) is 0 Å². The number of primary amides is 1. The van der Waals surface area contributed by atoms with Gasteiger partial charge in [-0.2, -0.15) is 0 Å². The number of rotatable bonds is 15. The minimum absolute atomic E-state index is 0.0113. The Balaban J connectivity index is 3.98. The first-order chi connectivity index (χ1) is 10.2. The first-order valence-electron chi connectivity index (χ1n) is 8.97. The van der Waals surface area contributed by atoms with Crippen LogP contribution >= 0.6 is 0 Å². The number of ether oxygens (including phenoxy) is 1. The minimum Gasteiger partial charge on any atom is -0.381 e. The second kappa shape index (κ2) is 14.4. The molecule has 3 nitrogen and oxygen atoms in total. The summed E-state index contributed by atoms with van der Waals surface area (Å²) in [5, 5.41) is 0. The van der Waals surface area contributed by atoms with E-state index in [4.69, 9.17) is 10.5 Å². The van der Waals surface area contributed by atoms with Crippen LogP contribution in [0.15, 0.2) is 0 Å². The van der Waals surface area contributed by atoms with E-state index in [1.165, 1.54) is 51.4 Å². The zero-order valence-electron chi connectivity index (χ0n) is 14.5. The molecule has 0 rings (SSSR count). The topological polar surface area (TPSA) is 52.3 Å². The predicted octanol–water partition coefficient (Wildman–Crippen LogP) is 4.82. The van der Waals surface area contributed by atoms with Crippen LogP contribution < -0.4 is 5.73 Å². The lowest BCUT2D eigenvalue weighted by Crippen LogP contribution is -2.28. The van der Waals surface area contributed by atoms with Crippen molar-refractivity contribution in [3.8, 4) is 0 Å². The molecular weight excluding hydrogens is 262 g/mol. The molecule has 0 heterocycles. The SMILES string of the molecule is CCCCCCCC(CC(CCCCCC)OC)C(N)=O. The molecule has 0 aliphatic rings. The Morgan fingerprint density at radius 2 is 1.43 bits per heavy atom. The lowest BCUT2D eigenvalue weighted by Gasteiger charge is -2.20. The number of carbonyl (C=O) groups is 1. The summed E-state index contributed by atoms with van der Waals surface area (Å²) in [6, 6.07) is 0. The van der Waals surface area contributed by atoms with Crippen molar-refractivity contribution in [1.29, 1.82) is 0 Å². The highest BCUT2D eigenvalue weighted by Gasteiger charge is 2.20. The zero-order valence-corrected chi connectivity index (χ0v) is 14.5. The van der Waals surface area contributed by atoms with Crippen molar-refractivity contribution >= 4 is 5.91 Å². The molecule has 126 valence electrons. The van der Waals surface area contributed by atoms with Gasteiger partial charge in [-0.15, -0.1) is 0 Å².